The Bertz CT molecular complexity index is 413. The molecule has 0 amide bonds. The molecule has 1 aromatic carbocycles. The quantitative estimate of drug-likeness (QED) is 0.437. The molecule has 1 aromatic rings. The van der Waals surface area contributed by atoms with Crippen LogP contribution in [0.3, 0.4) is 0 Å². The summed E-state index contributed by atoms with van der Waals surface area (Å²) < 4.78 is 10.6. The van der Waals surface area contributed by atoms with Crippen LogP contribution in [0.15, 0.2) is 29.3 Å². The second-order valence-electron chi connectivity index (χ2n) is 3.99. The lowest BCUT2D eigenvalue weighted by Gasteiger charge is -2.12. The number of hydrogen-bond acceptors (Lipinski definition) is 3. The van der Waals surface area contributed by atoms with Gasteiger partial charge >= 0.3 is 0 Å². The van der Waals surface area contributed by atoms with Crippen LogP contribution in [-0.4, -0.2) is 45.9 Å². The Morgan fingerprint density at radius 1 is 1.30 bits per heavy atom. The van der Waals surface area contributed by atoms with E-state index in [1.165, 1.54) is 0 Å². The van der Waals surface area contributed by atoms with Gasteiger partial charge in [0.1, 0.15) is 12.4 Å². The van der Waals surface area contributed by atoms with E-state index in [4.69, 9.17) is 21.1 Å². The van der Waals surface area contributed by atoms with E-state index in [1.54, 1.807) is 13.2 Å². The standard InChI is InChI=1S/C14H22ClN3O2/c1-3-16-14(17-7-9-19-2)18-8-10-20-13-6-4-5-12(15)11-13/h4-6,11H,3,7-10H2,1-2H3,(H2,16,17,18). The van der Waals surface area contributed by atoms with E-state index in [-0.39, 0.29) is 0 Å². The molecule has 0 heterocycles. The van der Waals surface area contributed by atoms with Gasteiger partial charge < -0.3 is 20.1 Å². The van der Waals surface area contributed by atoms with Crippen molar-refractivity contribution in [1.29, 1.82) is 0 Å². The van der Waals surface area contributed by atoms with Crippen molar-refractivity contribution in [2.24, 2.45) is 4.99 Å². The lowest BCUT2D eigenvalue weighted by molar-refractivity contribution is 0.208. The minimum absolute atomic E-state index is 0.537. The average molecular weight is 300 g/mol. The highest BCUT2D eigenvalue weighted by atomic mass is 35.5. The molecule has 0 spiro atoms. The molecule has 6 heteroatoms. The van der Waals surface area contributed by atoms with Crippen molar-refractivity contribution >= 4 is 17.6 Å². The van der Waals surface area contributed by atoms with Gasteiger partial charge in [0, 0.05) is 18.7 Å². The molecule has 0 aliphatic heterocycles. The van der Waals surface area contributed by atoms with Gasteiger partial charge in [-0.1, -0.05) is 17.7 Å². The van der Waals surface area contributed by atoms with Gasteiger partial charge in [-0.05, 0) is 25.1 Å². The maximum atomic E-state index is 5.88. The molecule has 0 aliphatic rings. The van der Waals surface area contributed by atoms with Crippen molar-refractivity contribution in [3.05, 3.63) is 29.3 Å². The fourth-order valence-electron chi connectivity index (χ4n) is 1.49. The molecule has 0 unspecified atom stereocenters. The zero-order chi connectivity index (χ0) is 14.6. The summed E-state index contributed by atoms with van der Waals surface area (Å²) in [5.74, 6) is 1.53. The van der Waals surface area contributed by atoms with Crippen LogP contribution in [-0.2, 0) is 4.74 Å². The van der Waals surface area contributed by atoms with Gasteiger partial charge in [-0.2, -0.15) is 0 Å². The molecule has 0 radical (unpaired) electrons. The highest BCUT2D eigenvalue weighted by Crippen LogP contribution is 2.16. The lowest BCUT2D eigenvalue weighted by Crippen LogP contribution is -2.39. The van der Waals surface area contributed by atoms with E-state index in [2.05, 4.69) is 15.6 Å². The molecule has 0 fully saturated rings. The van der Waals surface area contributed by atoms with E-state index >= 15 is 0 Å². The fraction of sp³-hybridized carbons (Fsp3) is 0.500. The summed E-state index contributed by atoms with van der Waals surface area (Å²) >= 11 is 5.88. The predicted octanol–water partition coefficient (Wildman–Crippen LogP) is 1.92. The molecule has 2 N–H and O–H groups in total. The molecular weight excluding hydrogens is 278 g/mol. The summed E-state index contributed by atoms with van der Waals surface area (Å²) in [7, 11) is 1.66. The summed E-state index contributed by atoms with van der Waals surface area (Å²) in [6, 6.07) is 7.35. The van der Waals surface area contributed by atoms with E-state index in [9.17, 15) is 0 Å². The van der Waals surface area contributed by atoms with E-state index in [0.717, 1.165) is 18.3 Å². The van der Waals surface area contributed by atoms with Crippen LogP contribution in [0.25, 0.3) is 0 Å². The number of rotatable bonds is 8. The average Bonchev–Trinajstić information content (AvgIpc) is 2.44. The number of methoxy groups -OCH3 is 1. The molecule has 0 aromatic heterocycles. The van der Waals surface area contributed by atoms with Gasteiger partial charge in [-0.15, -0.1) is 0 Å². The summed E-state index contributed by atoms with van der Waals surface area (Å²) in [6.07, 6.45) is 0. The first-order valence-electron chi connectivity index (χ1n) is 6.65. The molecule has 1 rings (SSSR count). The Hall–Kier alpha value is -1.46. The normalized spacial score (nSPS) is 11.2. The number of guanidine groups is 1. The van der Waals surface area contributed by atoms with Crippen molar-refractivity contribution in [3.63, 3.8) is 0 Å². The van der Waals surface area contributed by atoms with Crippen molar-refractivity contribution in [2.45, 2.75) is 6.92 Å². The van der Waals surface area contributed by atoms with Crippen LogP contribution in [0.1, 0.15) is 6.92 Å². The van der Waals surface area contributed by atoms with Crippen LogP contribution in [0.5, 0.6) is 5.75 Å². The number of benzene rings is 1. The van der Waals surface area contributed by atoms with E-state index in [0.29, 0.717) is 31.3 Å². The Morgan fingerprint density at radius 2 is 2.15 bits per heavy atom. The van der Waals surface area contributed by atoms with Crippen LogP contribution in [0.4, 0.5) is 0 Å². The Morgan fingerprint density at radius 3 is 2.85 bits per heavy atom. The number of ether oxygens (including phenoxy) is 2. The third kappa shape index (κ3) is 7.21. The molecule has 20 heavy (non-hydrogen) atoms. The smallest absolute Gasteiger partial charge is 0.191 e. The van der Waals surface area contributed by atoms with Gasteiger partial charge in [0.15, 0.2) is 5.96 Å². The SMILES string of the molecule is CCNC(=NCCOC)NCCOc1cccc(Cl)c1. The van der Waals surface area contributed by atoms with Crippen LogP contribution in [0, 0.1) is 0 Å². The predicted molar refractivity (Wildman–Crippen MR) is 82.8 cm³/mol. The van der Waals surface area contributed by atoms with Gasteiger partial charge in [0.05, 0.1) is 19.7 Å². The first-order valence-corrected chi connectivity index (χ1v) is 7.03. The summed E-state index contributed by atoms with van der Waals surface area (Å²) in [5, 5.41) is 7.02. The van der Waals surface area contributed by atoms with E-state index < -0.39 is 0 Å². The van der Waals surface area contributed by atoms with Crippen molar-refractivity contribution < 1.29 is 9.47 Å². The molecule has 112 valence electrons. The number of aliphatic imine (C=N–C) groups is 1. The van der Waals surface area contributed by atoms with Crippen LogP contribution < -0.4 is 15.4 Å². The molecule has 0 atom stereocenters. The summed E-state index contributed by atoms with van der Waals surface area (Å²) in [5.41, 5.74) is 0. The minimum atomic E-state index is 0.537. The summed E-state index contributed by atoms with van der Waals surface area (Å²) in [4.78, 5) is 4.35. The highest BCUT2D eigenvalue weighted by Gasteiger charge is 1.98. The third-order valence-corrected chi connectivity index (χ3v) is 2.60. The third-order valence-electron chi connectivity index (χ3n) is 2.37. The zero-order valence-corrected chi connectivity index (χ0v) is 12.7. The number of halogens is 1. The Labute approximate surface area is 125 Å². The number of nitrogens with zero attached hydrogens (tertiary/aromatic N) is 1. The Kier molecular flexibility index (Phi) is 8.58. The van der Waals surface area contributed by atoms with Crippen LogP contribution >= 0.6 is 11.6 Å². The second kappa shape index (κ2) is 10.3. The molecule has 5 nitrogen and oxygen atoms in total. The van der Waals surface area contributed by atoms with Crippen molar-refractivity contribution in [2.75, 3.05) is 40.0 Å². The lowest BCUT2D eigenvalue weighted by atomic mass is 10.3. The van der Waals surface area contributed by atoms with Gasteiger partial charge in [0.2, 0.25) is 0 Å². The topological polar surface area (TPSA) is 54.9 Å². The van der Waals surface area contributed by atoms with Gasteiger partial charge in [-0.3, -0.25) is 4.99 Å². The monoisotopic (exact) mass is 299 g/mol. The van der Waals surface area contributed by atoms with Gasteiger partial charge in [0.25, 0.3) is 0 Å². The second-order valence-corrected chi connectivity index (χ2v) is 4.42. The van der Waals surface area contributed by atoms with Gasteiger partial charge in [-0.25, -0.2) is 0 Å². The largest absolute Gasteiger partial charge is 0.492 e. The maximum absolute atomic E-state index is 5.88. The molecular formula is C14H22ClN3O2. The first-order chi connectivity index (χ1) is 9.76. The molecule has 0 aliphatic carbocycles. The zero-order valence-electron chi connectivity index (χ0n) is 12.0. The minimum Gasteiger partial charge on any atom is -0.492 e. The highest BCUT2D eigenvalue weighted by molar-refractivity contribution is 6.30. The fourth-order valence-corrected chi connectivity index (χ4v) is 1.67. The maximum Gasteiger partial charge on any atom is 0.191 e. The van der Waals surface area contributed by atoms with E-state index in [1.807, 2.05) is 25.1 Å². The van der Waals surface area contributed by atoms with Crippen molar-refractivity contribution in [3.8, 4) is 5.75 Å². The first kappa shape index (κ1) is 16.6. The molecule has 0 saturated heterocycles. The number of hydrogen-bond donors (Lipinski definition) is 2. The Balaban J connectivity index is 2.27. The summed E-state index contributed by atoms with van der Waals surface area (Å²) in [6.45, 7) is 5.26. The van der Waals surface area contributed by atoms with Crippen LogP contribution in [0.2, 0.25) is 5.02 Å². The molecule has 0 bridgehead atoms. The van der Waals surface area contributed by atoms with Crippen molar-refractivity contribution in [1.82, 2.24) is 10.6 Å². The number of nitrogens with one attached hydrogen (secondary N) is 2. The molecule has 0 saturated carbocycles.